The van der Waals surface area contributed by atoms with Crippen molar-refractivity contribution >= 4 is 5.91 Å². The van der Waals surface area contributed by atoms with Gasteiger partial charge in [0.15, 0.2) is 6.10 Å². The summed E-state index contributed by atoms with van der Waals surface area (Å²) in [6, 6.07) is 10.8. The molecule has 1 aromatic carbocycles. The highest BCUT2D eigenvalue weighted by atomic mass is 16.5. The monoisotopic (exact) mass is 330 g/mol. The van der Waals surface area contributed by atoms with Crippen molar-refractivity contribution < 1.29 is 19.0 Å². The van der Waals surface area contributed by atoms with E-state index in [0.717, 1.165) is 11.3 Å². The molecule has 6 nitrogen and oxygen atoms in total. The zero-order valence-electron chi connectivity index (χ0n) is 14.1. The molecule has 0 radical (unpaired) electrons. The number of hydrogen-bond donors (Lipinski definition) is 1. The molecule has 0 aliphatic heterocycles. The molecule has 0 aliphatic rings. The van der Waals surface area contributed by atoms with Gasteiger partial charge in [-0.05, 0) is 44.2 Å². The number of nitrogens with one attached hydrogen (secondary N) is 1. The Kier molecular flexibility index (Phi) is 6.42. The summed E-state index contributed by atoms with van der Waals surface area (Å²) in [4.78, 5) is 16.3. The van der Waals surface area contributed by atoms with E-state index in [4.69, 9.17) is 14.2 Å². The van der Waals surface area contributed by atoms with Crippen LogP contribution in [-0.4, -0.2) is 30.7 Å². The van der Waals surface area contributed by atoms with Crippen molar-refractivity contribution in [3.05, 3.63) is 48.2 Å². The number of nitrogens with zero attached hydrogens (tertiary/aromatic N) is 1. The van der Waals surface area contributed by atoms with Crippen LogP contribution in [0.3, 0.4) is 0 Å². The third kappa shape index (κ3) is 4.87. The summed E-state index contributed by atoms with van der Waals surface area (Å²) in [7, 11) is 1.60. The Hall–Kier alpha value is -2.76. The van der Waals surface area contributed by atoms with Crippen LogP contribution >= 0.6 is 0 Å². The minimum absolute atomic E-state index is 0.211. The maximum Gasteiger partial charge on any atom is 0.261 e. The van der Waals surface area contributed by atoms with E-state index >= 15 is 0 Å². The number of rotatable bonds is 8. The van der Waals surface area contributed by atoms with E-state index in [0.29, 0.717) is 24.8 Å². The Balaban J connectivity index is 1.89. The highest BCUT2D eigenvalue weighted by molar-refractivity contribution is 5.80. The number of pyridine rings is 1. The van der Waals surface area contributed by atoms with Gasteiger partial charge in [-0.25, -0.2) is 4.98 Å². The van der Waals surface area contributed by atoms with E-state index < -0.39 is 6.10 Å². The molecule has 2 rings (SSSR count). The average molecular weight is 330 g/mol. The second-order valence-corrected chi connectivity index (χ2v) is 5.05. The Labute approximate surface area is 141 Å². The normalized spacial score (nSPS) is 11.5. The third-order valence-corrected chi connectivity index (χ3v) is 3.33. The number of ether oxygens (including phenoxy) is 3. The van der Waals surface area contributed by atoms with Crippen molar-refractivity contribution in [3.8, 4) is 17.4 Å². The summed E-state index contributed by atoms with van der Waals surface area (Å²) in [5.41, 5.74) is 0.823. The van der Waals surface area contributed by atoms with Gasteiger partial charge in [0.2, 0.25) is 5.88 Å². The summed E-state index contributed by atoms with van der Waals surface area (Å²) in [5.74, 6) is 1.66. The van der Waals surface area contributed by atoms with Gasteiger partial charge in [0.05, 0.1) is 13.7 Å². The van der Waals surface area contributed by atoms with Crippen molar-refractivity contribution in [1.82, 2.24) is 10.3 Å². The van der Waals surface area contributed by atoms with Gasteiger partial charge in [0, 0.05) is 18.3 Å². The summed E-state index contributed by atoms with van der Waals surface area (Å²) in [6.07, 6.45) is 1.04. The first-order chi connectivity index (χ1) is 11.6. The van der Waals surface area contributed by atoms with E-state index in [2.05, 4.69) is 10.3 Å². The van der Waals surface area contributed by atoms with Crippen molar-refractivity contribution in [2.24, 2.45) is 0 Å². The molecule has 128 valence electrons. The minimum Gasteiger partial charge on any atom is -0.497 e. The van der Waals surface area contributed by atoms with Crippen molar-refractivity contribution in [2.45, 2.75) is 26.5 Å². The first-order valence-electron chi connectivity index (χ1n) is 7.79. The molecule has 1 amide bonds. The van der Waals surface area contributed by atoms with Gasteiger partial charge < -0.3 is 19.5 Å². The van der Waals surface area contributed by atoms with Crippen LogP contribution in [0.25, 0.3) is 0 Å². The fraction of sp³-hybridized carbons (Fsp3) is 0.333. The van der Waals surface area contributed by atoms with Crippen LogP contribution in [0.5, 0.6) is 17.4 Å². The van der Waals surface area contributed by atoms with E-state index in [1.54, 1.807) is 50.6 Å². The fourth-order valence-corrected chi connectivity index (χ4v) is 2.06. The van der Waals surface area contributed by atoms with Crippen LogP contribution < -0.4 is 19.5 Å². The number of amides is 1. The molecule has 0 saturated carbocycles. The molecule has 6 heteroatoms. The number of carbonyl (C=O) groups is 1. The van der Waals surface area contributed by atoms with Gasteiger partial charge in [-0.2, -0.15) is 0 Å². The van der Waals surface area contributed by atoms with Crippen LogP contribution in [-0.2, 0) is 11.3 Å². The lowest BCUT2D eigenvalue weighted by molar-refractivity contribution is -0.127. The van der Waals surface area contributed by atoms with Crippen LogP contribution in [0.2, 0.25) is 0 Å². The number of carbonyl (C=O) groups excluding carboxylic acids is 1. The largest absolute Gasteiger partial charge is 0.497 e. The van der Waals surface area contributed by atoms with E-state index in [9.17, 15) is 4.79 Å². The second-order valence-electron chi connectivity index (χ2n) is 5.05. The number of methoxy groups -OCH3 is 1. The smallest absolute Gasteiger partial charge is 0.261 e. The Bertz CT molecular complexity index is 658. The first kappa shape index (κ1) is 17.6. The van der Waals surface area contributed by atoms with Gasteiger partial charge in [0.1, 0.15) is 11.5 Å². The lowest BCUT2D eigenvalue weighted by Crippen LogP contribution is -2.36. The van der Waals surface area contributed by atoms with Gasteiger partial charge in [-0.15, -0.1) is 0 Å². The average Bonchev–Trinajstić information content (AvgIpc) is 2.61. The maximum atomic E-state index is 12.2. The standard InChI is InChI=1S/C18H22N2O4/c1-4-23-18-14(6-5-11-19-18)12-20-17(21)13(2)24-16-9-7-15(22-3)8-10-16/h5-11,13H,4,12H2,1-3H3,(H,20,21). The molecule has 0 fully saturated rings. The SMILES string of the molecule is CCOc1ncccc1CNC(=O)C(C)Oc1ccc(OC)cc1. The molecule has 1 N–H and O–H groups in total. The van der Waals surface area contributed by atoms with Gasteiger partial charge >= 0.3 is 0 Å². The summed E-state index contributed by atoms with van der Waals surface area (Å²) in [6.45, 7) is 4.45. The molecule has 1 heterocycles. The number of benzene rings is 1. The Morgan fingerprint density at radius 2 is 1.92 bits per heavy atom. The van der Waals surface area contributed by atoms with Gasteiger partial charge in [-0.1, -0.05) is 6.07 Å². The van der Waals surface area contributed by atoms with Crippen LogP contribution in [0.15, 0.2) is 42.6 Å². The highest BCUT2D eigenvalue weighted by Gasteiger charge is 2.15. The van der Waals surface area contributed by atoms with Crippen LogP contribution in [0.1, 0.15) is 19.4 Å². The zero-order chi connectivity index (χ0) is 17.4. The second kappa shape index (κ2) is 8.76. The molecule has 0 saturated heterocycles. The van der Waals surface area contributed by atoms with Crippen LogP contribution in [0, 0.1) is 0 Å². The molecular weight excluding hydrogens is 308 g/mol. The van der Waals surface area contributed by atoms with E-state index in [-0.39, 0.29) is 5.91 Å². The molecule has 1 unspecified atom stereocenters. The van der Waals surface area contributed by atoms with Crippen molar-refractivity contribution in [1.29, 1.82) is 0 Å². The predicted octanol–water partition coefficient (Wildman–Crippen LogP) is 2.57. The molecule has 1 aromatic heterocycles. The molecule has 0 aliphatic carbocycles. The Morgan fingerprint density at radius 1 is 1.21 bits per heavy atom. The summed E-state index contributed by atoms with van der Waals surface area (Å²) >= 11 is 0. The maximum absolute atomic E-state index is 12.2. The summed E-state index contributed by atoms with van der Waals surface area (Å²) < 4.78 is 16.2. The molecule has 2 aromatic rings. The number of hydrogen-bond acceptors (Lipinski definition) is 5. The highest BCUT2D eigenvalue weighted by Crippen LogP contribution is 2.18. The van der Waals surface area contributed by atoms with E-state index in [1.807, 2.05) is 13.0 Å². The fourth-order valence-electron chi connectivity index (χ4n) is 2.06. The molecule has 0 bridgehead atoms. The van der Waals surface area contributed by atoms with Crippen molar-refractivity contribution in [2.75, 3.05) is 13.7 Å². The third-order valence-electron chi connectivity index (χ3n) is 3.33. The van der Waals surface area contributed by atoms with E-state index in [1.165, 1.54) is 0 Å². The summed E-state index contributed by atoms with van der Waals surface area (Å²) in [5, 5.41) is 2.83. The number of aromatic nitrogens is 1. The lowest BCUT2D eigenvalue weighted by atomic mass is 10.2. The molecule has 24 heavy (non-hydrogen) atoms. The quantitative estimate of drug-likeness (QED) is 0.805. The molecular formula is C18H22N2O4. The zero-order valence-corrected chi connectivity index (χ0v) is 14.1. The van der Waals surface area contributed by atoms with Crippen molar-refractivity contribution in [3.63, 3.8) is 0 Å². The van der Waals surface area contributed by atoms with Gasteiger partial charge in [0.25, 0.3) is 5.91 Å². The lowest BCUT2D eigenvalue weighted by Gasteiger charge is -2.15. The topological polar surface area (TPSA) is 69.7 Å². The van der Waals surface area contributed by atoms with Crippen LogP contribution in [0.4, 0.5) is 0 Å². The minimum atomic E-state index is -0.620. The van der Waals surface area contributed by atoms with Gasteiger partial charge in [-0.3, -0.25) is 4.79 Å². The Morgan fingerprint density at radius 3 is 2.58 bits per heavy atom. The predicted molar refractivity (Wildman–Crippen MR) is 90.3 cm³/mol. The first-order valence-corrected chi connectivity index (χ1v) is 7.79. The molecule has 0 spiro atoms. The molecule has 1 atom stereocenters.